The Morgan fingerprint density at radius 1 is 1.21 bits per heavy atom. The lowest BCUT2D eigenvalue weighted by atomic mass is 9.70. The Bertz CT molecular complexity index is 1300. The lowest BCUT2D eigenvalue weighted by Gasteiger charge is -2.29. The van der Waals surface area contributed by atoms with Crippen molar-refractivity contribution in [3.63, 3.8) is 0 Å². The summed E-state index contributed by atoms with van der Waals surface area (Å²) < 4.78 is 7.56. The van der Waals surface area contributed by atoms with Crippen LogP contribution in [0.15, 0.2) is 35.4 Å². The van der Waals surface area contributed by atoms with E-state index >= 15 is 0 Å². The molecule has 0 amide bonds. The largest absolute Gasteiger partial charge is 0.507 e. The summed E-state index contributed by atoms with van der Waals surface area (Å²) in [5.74, 6) is -2.43. The number of phenolic OH excluding ortho intramolecular Hbond substituents is 2. The average molecular weight is 451 g/mol. The number of benzene rings is 1. The number of carbonyl (C=O) groups is 3. The molecule has 2 aromatic rings. The van der Waals surface area contributed by atoms with Gasteiger partial charge in [-0.25, -0.2) is 0 Å². The van der Waals surface area contributed by atoms with Crippen LogP contribution in [0.5, 0.6) is 17.2 Å². The normalized spacial score (nSPS) is 20.7. The molecule has 0 unspecified atom stereocenters. The van der Waals surface area contributed by atoms with Gasteiger partial charge in [-0.15, -0.1) is 0 Å². The van der Waals surface area contributed by atoms with Crippen molar-refractivity contribution < 1.29 is 29.3 Å². The van der Waals surface area contributed by atoms with Gasteiger partial charge < -0.3 is 20.3 Å². The second kappa shape index (κ2) is 7.61. The molecule has 9 heteroatoms. The van der Waals surface area contributed by atoms with Crippen LogP contribution in [-0.2, 0) is 21.5 Å². The van der Waals surface area contributed by atoms with Crippen molar-refractivity contribution in [3.8, 4) is 17.2 Å². The summed E-state index contributed by atoms with van der Waals surface area (Å²) in [6, 6.07) is 1.88. The maximum absolute atomic E-state index is 13.7. The Morgan fingerprint density at radius 2 is 1.91 bits per heavy atom. The smallest absolute Gasteiger partial charge is 0.194 e. The number of fused-ring (bicyclic) bond motifs is 3. The van der Waals surface area contributed by atoms with Gasteiger partial charge in [0.2, 0.25) is 0 Å². The number of Topliss-reactive ketones (excluding diaryl/α,β-unsaturated/α-hetero) is 2. The summed E-state index contributed by atoms with van der Waals surface area (Å²) in [4.78, 5) is 38.8. The highest BCUT2D eigenvalue weighted by molar-refractivity contribution is 6.31. The molecule has 0 saturated carbocycles. The standard InChI is InChI=1S/C24H25N3O6/c1-11-6-7-26-27(11)9-8-25-13(3)17-15(29)10-16-24(5,23(17)32)19-21(31)12(2)20(30)18(14(4)28)22(19)33-16/h6-7,10,25,30-31H,8-9H2,1-5H3/b17-13+/t24-/m0/s1. The number of hydrogen-bond donors (Lipinski definition) is 3. The van der Waals surface area contributed by atoms with E-state index in [1.165, 1.54) is 19.9 Å². The number of nitrogens with zero attached hydrogens (tertiary/aromatic N) is 2. The van der Waals surface area contributed by atoms with Crippen LogP contribution in [0.4, 0.5) is 0 Å². The van der Waals surface area contributed by atoms with Crippen molar-refractivity contribution in [2.45, 2.75) is 46.6 Å². The fourth-order valence-electron chi connectivity index (χ4n) is 4.43. The number of allylic oxidation sites excluding steroid dienone is 4. The molecule has 3 N–H and O–H groups in total. The zero-order valence-electron chi connectivity index (χ0n) is 19.1. The van der Waals surface area contributed by atoms with Gasteiger partial charge in [0, 0.05) is 35.8 Å². The van der Waals surface area contributed by atoms with E-state index in [4.69, 9.17) is 4.74 Å². The summed E-state index contributed by atoms with van der Waals surface area (Å²) in [5, 5.41) is 28.6. The van der Waals surface area contributed by atoms with E-state index in [1.807, 2.05) is 13.0 Å². The minimum absolute atomic E-state index is 0.0130. The van der Waals surface area contributed by atoms with Gasteiger partial charge in [0.25, 0.3) is 0 Å². The minimum atomic E-state index is -1.52. The molecule has 2 aliphatic rings. The number of hydrogen-bond acceptors (Lipinski definition) is 8. The predicted molar refractivity (Wildman–Crippen MR) is 118 cm³/mol. The van der Waals surface area contributed by atoms with Crippen molar-refractivity contribution in [3.05, 3.63) is 57.8 Å². The van der Waals surface area contributed by atoms with Crippen LogP contribution in [-0.4, -0.2) is 43.9 Å². The zero-order chi connectivity index (χ0) is 24.2. The number of ketones is 3. The lowest BCUT2D eigenvalue weighted by Crippen LogP contribution is -2.41. The van der Waals surface area contributed by atoms with Crippen LogP contribution in [0.2, 0.25) is 0 Å². The summed E-state index contributed by atoms with van der Waals surface area (Å²) >= 11 is 0. The van der Waals surface area contributed by atoms with Crippen molar-refractivity contribution in [1.29, 1.82) is 0 Å². The van der Waals surface area contributed by atoms with Crippen LogP contribution in [0.3, 0.4) is 0 Å². The van der Waals surface area contributed by atoms with Crippen molar-refractivity contribution >= 4 is 17.3 Å². The summed E-state index contributed by atoms with van der Waals surface area (Å²) in [7, 11) is 0. The maximum atomic E-state index is 13.7. The quantitative estimate of drug-likeness (QED) is 0.359. The number of rotatable bonds is 5. The molecule has 1 aliphatic heterocycles. The average Bonchev–Trinajstić information content (AvgIpc) is 3.27. The van der Waals surface area contributed by atoms with Gasteiger partial charge in [0.1, 0.15) is 34.0 Å². The molecule has 1 aromatic heterocycles. The van der Waals surface area contributed by atoms with E-state index < -0.39 is 28.5 Å². The molecule has 0 saturated heterocycles. The van der Waals surface area contributed by atoms with Gasteiger partial charge in [-0.1, -0.05) is 0 Å². The van der Waals surface area contributed by atoms with E-state index in [2.05, 4.69) is 10.4 Å². The van der Waals surface area contributed by atoms with Gasteiger partial charge in [-0.3, -0.25) is 19.1 Å². The monoisotopic (exact) mass is 451 g/mol. The van der Waals surface area contributed by atoms with Crippen molar-refractivity contribution in [2.75, 3.05) is 6.54 Å². The third-order valence-electron chi connectivity index (χ3n) is 6.40. The third-order valence-corrected chi connectivity index (χ3v) is 6.40. The van der Waals surface area contributed by atoms with Gasteiger partial charge in [-0.05, 0) is 40.7 Å². The number of aromatic nitrogens is 2. The van der Waals surface area contributed by atoms with Gasteiger partial charge >= 0.3 is 0 Å². The topological polar surface area (TPSA) is 131 Å². The third kappa shape index (κ3) is 3.14. The molecule has 172 valence electrons. The predicted octanol–water partition coefficient (Wildman–Crippen LogP) is 2.36. The molecule has 0 spiro atoms. The Balaban J connectivity index is 1.77. The van der Waals surface area contributed by atoms with E-state index in [0.29, 0.717) is 18.8 Å². The maximum Gasteiger partial charge on any atom is 0.194 e. The molecule has 1 aromatic carbocycles. The highest BCUT2D eigenvalue weighted by Crippen LogP contribution is 2.57. The van der Waals surface area contributed by atoms with Gasteiger partial charge in [0.05, 0.1) is 17.7 Å². The van der Waals surface area contributed by atoms with E-state index in [9.17, 15) is 24.6 Å². The summed E-state index contributed by atoms with van der Waals surface area (Å²) in [5.41, 5.74) is -0.193. The molecular weight excluding hydrogens is 426 g/mol. The molecular formula is C24H25N3O6. The summed E-state index contributed by atoms with van der Waals surface area (Å²) in [6.07, 6.45) is 2.90. The molecule has 1 aliphatic carbocycles. The molecule has 4 rings (SSSR count). The fraction of sp³-hybridized carbons (Fsp3) is 0.333. The number of ether oxygens (including phenoxy) is 1. The Kier molecular flexibility index (Phi) is 5.15. The second-order valence-corrected chi connectivity index (χ2v) is 8.51. The lowest BCUT2D eigenvalue weighted by molar-refractivity contribution is -0.123. The first-order valence-corrected chi connectivity index (χ1v) is 10.5. The molecule has 9 nitrogen and oxygen atoms in total. The number of aryl methyl sites for hydroxylation is 1. The second-order valence-electron chi connectivity index (χ2n) is 8.51. The van der Waals surface area contributed by atoms with Crippen LogP contribution in [0, 0.1) is 13.8 Å². The molecule has 0 fully saturated rings. The van der Waals surface area contributed by atoms with Crippen LogP contribution < -0.4 is 10.1 Å². The van der Waals surface area contributed by atoms with Crippen LogP contribution >= 0.6 is 0 Å². The van der Waals surface area contributed by atoms with E-state index in [-0.39, 0.29) is 39.5 Å². The first-order chi connectivity index (χ1) is 15.5. The van der Waals surface area contributed by atoms with Crippen molar-refractivity contribution in [2.24, 2.45) is 0 Å². The highest BCUT2D eigenvalue weighted by atomic mass is 16.5. The number of phenols is 2. The Morgan fingerprint density at radius 3 is 2.52 bits per heavy atom. The molecule has 0 radical (unpaired) electrons. The van der Waals surface area contributed by atoms with Crippen LogP contribution in [0.25, 0.3) is 0 Å². The Labute approximate surface area is 190 Å². The molecule has 2 heterocycles. The first-order valence-electron chi connectivity index (χ1n) is 10.5. The SMILES string of the molecule is CC(=O)c1c(O)c(C)c(O)c2c1OC1=CC(=O)/C(=C(/C)NCCn3nccc3C)C(=O)[C@@]12C. The fourth-order valence-corrected chi connectivity index (χ4v) is 4.43. The van der Waals surface area contributed by atoms with E-state index in [1.54, 1.807) is 24.7 Å². The molecule has 1 atom stereocenters. The highest BCUT2D eigenvalue weighted by Gasteiger charge is 2.56. The number of nitrogens with one attached hydrogen (secondary N) is 1. The van der Waals surface area contributed by atoms with Gasteiger partial charge in [-0.2, -0.15) is 5.10 Å². The minimum Gasteiger partial charge on any atom is -0.507 e. The molecule has 0 bridgehead atoms. The van der Waals surface area contributed by atoms with E-state index in [0.717, 1.165) is 5.69 Å². The number of aromatic hydroxyl groups is 2. The molecule has 33 heavy (non-hydrogen) atoms. The first kappa shape index (κ1) is 22.3. The van der Waals surface area contributed by atoms with Crippen molar-refractivity contribution in [1.82, 2.24) is 15.1 Å². The summed E-state index contributed by atoms with van der Waals surface area (Å²) in [6.45, 7) is 8.79. The number of carbonyl (C=O) groups excluding carboxylic acids is 3. The Hall–Kier alpha value is -3.88. The van der Waals surface area contributed by atoms with Gasteiger partial charge in [0.15, 0.2) is 17.3 Å². The van der Waals surface area contributed by atoms with Crippen LogP contribution in [0.1, 0.15) is 48.0 Å². The zero-order valence-corrected chi connectivity index (χ0v) is 19.1.